The van der Waals surface area contributed by atoms with Gasteiger partial charge < -0.3 is 11.1 Å². The standard InChI is InChI=1S/C12H18N2O/c1-3-6-14-8-11-5-4-10(12(13)15)7-9(11)2/h4-5,7,14H,3,6,8H2,1-2H3,(H2,13,15). The summed E-state index contributed by atoms with van der Waals surface area (Å²) in [6.07, 6.45) is 1.12. The van der Waals surface area contributed by atoms with Gasteiger partial charge >= 0.3 is 0 Å². The predicted octanol–water partition coefficient (Wildman–Crippen LogP) is 1.59. The van der Waals surface area contributed by atoms with Crippen molar-refractivity contribution in [2.24, 2.45) is 5.73 Å². The van der Waals surface area contributed by atoms with Crippen molar-refractivity contribution in [3.63, 3.8) is 0 Å². The minimum atomic E-state index is -0.369. The van der Waals surface area contributed by atoms with Gasteiger partial charge in [0.2, 0.25) is 5.91 Å². The van der Waals surface area contributed by atoms with Gasteiger partial charge in [-0.1, -0.05) is 13.0 Å². The first-order chi connectivity index (χ1) is 7.15. The maximum atomic E-state index is 10.9. The molecule has 0 aliphatic rings. The molecule has 3 N–H and O–H groups in total. The molecule has 82 valence electrons. The van der Waals surface area contributed by atoms with E-state index in [4.69, 9.17) is 5.73 Å². The van der Waals surface area contributed by atoms with E-state index in [1.165, 1.54) is 5.56 Å². The summed E-state index contributed by atoms with van der Waals surface area (Å²) in [4.78, 5) is 10.9. The molecule has 0 heterocycles. The number of primary amides is 1. The Kier molecular flexibility index (Phi) is 4.31. The summed E-state index contributed by atoms with van der Waals surface area (Å²) in [6, 6.07) is 5.57. The van der Waals surface area contributed by atoms with E-state index in [1.807, 2.05) is 19.1 Å². The Hall–Kier alpha value is -1.35. The van der Waals surface area contributed by atoms with E-state index in [0.717, 1.165) is 25.1 Å². The van der Waals surface area contributed by atoms with Gasteiger partial charge in [-0.25, -0.2) is 0 Å². The quantitative estimate of drug-likeness (QED) is 0.719. The van der Waals surface area contributed by atoms with Gasteiger partial charge in [-0.2, -0.15) is 0 Å². The molecule has 0 aliphatic carbocycles. The lowest BCUT2D eigenvalue weighted by Gasteiger charge is -2.07. The van der Waals surface area contributed by atoms with Crippen LogP contribution in [0.1, 0.15) is 34.8 Å². The summed E-state index contributed by atoms with van der Waals surface area (Å²) in [5.41, 5.74) is 8.10. The van der Waals surface area contributed by atoms with Crippen LogP contribution >= 0.6 is 0 Å². The molecule has 0 bridgehead atoms. The number of rotatable bonds is 5. The highest BCUT2D eigenvalue weighted by Crippen LogP contribution is 2.10. The molecule has 0 saturated heterocycles. The topological polar surface area (TPSA) is 55.1 Å². The van der Waals surface area contributed by atoms with Crippen molar-refractivity contribution >= 4 is 5.91 Å². The molecule has 0 spiro atoms. The second-order valence-electron chi connectivity index (χ2n) is 3.68. The number of hydrogen-bond donors (Lipinski definition) is 2. The third-order valence-electron chi connectivity index (χ3n) is 2.37. The first-order valence-corrected chi connectivity index (χ1v) is 5.25. The molecule has 1 aromatic carbocycles. The molecule has 1 rings (SSSR count). The summed E-state index contributed by atoms with van der Waals surface area (Å²) >= 11 is 0. The van der Waals surface area contributed by atoms with E-state index >= 15 is 0 Å². The van der Waals surface area contributed by atoms with Crippen LogP contribution in [-0.4, -0.2) is 12.5 Å². The van der Waals surface area contributed by atoms with E-state index in [0.29, 0.717) is 5.56 Å². The Morgan fingerprint density at radius 1 is 1.47 bits per heavy atom. The lowest BCUT2D eigenvalue weighted by atomic mass is 10.0. The van der Waals surface area contributed by atoms with Crippen molar-refractivity contribution in [3.8, 4) is 0 Å². The molecule has 0 aliphatic heterocycles. The molecule has 1 amide bonds. The Labute approximate surface area is 90.7 Å². The summed E-state index contributed by atoms with van der Waals surface area (Å²) in [5.74, 6) is -0.369. The number of nitrogens with two attached hydrogens (primary N) is 1. The molecule has 15 heavy (non-hydrogen) atoms. The van der Waals surface area contributed by atoms with E-state index in [2.05, 4.69) is 12.2 Å². The highest BCUT2D eigenvalue weighted by molar-refractivity contribution is 5.93. The molecule has 0 atom stereocenters. The second kappa shape index (κ2) is 5.51. The van der Waals surface area contributed by atoms with Crippen LogP contribution in [0.3, 0.4) is 0 Å². The van der Waals surface area contributed by atoms with E-state index < -0.39 is 0 Å². The van der Waals surface area contributed by atoms with Gasteiger partial charge in [-0.3, -0.25) is 4.79 Å². The molecular formula is C12H18N2O. The van der Waals surface area contributed by atoms with E-state index in [1.54, 1.807) is 6.07 Å². The monoisotopic (exact) mass is 206 g/mol. The number of nitrogens with one attached hydrogen (secondary N) is 1. The molecule has 0 fully saturated rings. The van der Waals surface area contributed by atoms with Crippen LogP contribution in [-0.2, 0) is 6.54 Å². The SMILES string of the molecule is CCCNCc1ccc(C(N)=O)cc1C. The van der Waals surface area contributed by atoms with Crippen LogP contribution in [0, 0.1) is 6.92 Å². The van der Waals surface area contributed by atoms with Gasteiger partial charge in [-0.15, -0.1) is 0 Å². The molecule has 1 aromatic rings. The number of carbonyl (C=O) groups is 1. The smallest absolute Gasteiger partial charge is 0.248 e. The fourth-order valence-corrected chi connectivity index (χ4v) is 1.45. The van der Waals surface area contributed by atoms with Crippen LogP contribution in [0.25, 0.3) is 0 Å². The lowest BCUT2D eigenvalue weighted by Crippen LogP contribution is -2.16. The maximum Gasteiger partial charge on any atom is 0.248 e. The minimum Gasteiger partial charge on any atom is -0.366 e. The number of benzene rings is 1. The second-order valence-corrected chi connectivity index (χ2v) is 3.68. The van der Waals surface area contributed by atoms with Crippen molar-refractivity contribution in [2.75, 3.05) is 6.54 Å². The van der Waals surface area contributed by atoms with Crippen molar-refractivity contribution < 1.29 is 4.79 Å². The van der Waals surface area contributed by atoms with Gasteiger partial charge in [0.15, 0.2) is 0 Å². The zero-order valence-corrected chi connectivity index (χ0v) is 9.34. The number of carbonyl (C=O) groups excluding carboxylic acids is 1. The van der Waals surface area contributed by atoms with Gasteiger partial charge in [0.1, 0.15) is 0 Å². The average Bonchev–Trinajstić information content (AvgIpc) is 2.20. The zero-order chi connectivity index (χ0) is 11.3. The van der Waals surface area contributed by atoms with E-state index in [9.17, 15) is 4.79 Å². The summed E-state index contributed by atoms with van der Waals surface area (Å²) in [5, 5.41) is 3.32. The Morgan fingerprint density at radius 2 is 2.20 bits per heavy atom. The first kappa shape index (κ1) is 11.7. The molecule has 0 aromatic heterocycles. The highest BCUT2D eigenvalue weighted by Gasteiger charge is 2.03. The Morgan fingerprint density at radius 3 is 2.73 bits per heavy atom. The first-order valence-electron chi connectivity index (χ1n) is 5.25. The Balaban J connectivity index is 2.70. The Bertz CT molecular complexity index is 347. The number of amides is 1. The number of hydrogen-bond acceptors (Lipinski definition) is 2. The third-order valence-corrected chi connectivity index (χ3v) is 2.37. The van der Waals surface area contributed by atoms with Gasteiger partial charge in [-0.05, 0) is 43.1 Å². The van der Waals surface area contributed by atoms with Crippen LogP contribution in [0.15, 0.2) is 18.2 Å². The van der Waals surface area contributed by atoms with Crippen molar-refractivity contribution in [1.29, 1.82) is 0 Å². The molecule has 3 heteroatoms. The molecule has 0 unspecified atom stereocenters. The van der Waals surface area contributed by atoms with Crippen molar-refractivity contribution in [3.05, 3.63) is 34.9 Å². The van der Waals surface area contributed by atoms with Crippen molar-refractivity contribution in [2.45, 2.75) is 26.8 Å². The van der Waals surface area contributed by atoms with Crippen LogP contribution < -0.4 is 11.1 Å². The molecular weight excluding hydrogens is 188 g/mol. The van der Waals surface area contributed by atoms with Gasteiger partial charge in [0, 0.05) is 12.1 Å². The van der Waals surface area contributed by atoms with Gasteiger partial charge in [0.05, 0.1) is 0 Å². The van der Waals surface area contributed by atoms with E-state index in [-0.39, 0.29) is 5.91 Å². The fourth-order valence-electron chi connectivity index (χ4n) is 1.45. The lowest BCUT2D eigenvalue weighted by molar-refractivity contribution is 0.1000. The fraction of sp³-hybridized carbons (Fsp3) is 0.417. The molecule has 3 nitrogen and oxygen atoms in total. The zero-order valence-electron chi connectivity index (χ0n) is 9.34. The summed E-state index contributed by atoms with van der Waals surface area (Å²) in [7, 11) is 0. The van der Waals surface area contributed by atoms with Crippen LogP contribution in [0.2, 0.25) is 0 Å². The molecule has 0 saturated carbocycles. The molecule has 0 radical (unpaired) electrons. The van der Waals surface area contributed by atoms with Crippen LogP contribution in [0.5, 0.6) is 0 Å². The highest BCUT2D eigenvalue weighted by atomic mass is 16.1. The normalized spacial score (nSPS) is 10.3. The average molecular weight is 206 g/mol. The summed E-state index contributed by atoms with van der Waals surface area (Å²) in [6.45, 7) is 5.99. The minimum absolute atomic E-state index is 0.369. The van der Waals surface area contributed by atoms with Gasteiger partial charge in [0.25, 0.3) is 0 Å². The maximum absolute atomic E-state index is 10.9. The third kappa shape index (κ3) is 3.36. The predicted molar refractivity (Wildman–Crippen MR) is 61.7 cm³/mol. The van der Waals surface area contributed by atoms with Crippen molar-refractivity contribution in [1.82, 2.24) is 5.32 Å². The number of aryl methyl sites for hydroxylation is 1. The van der Waals surface area contributed by atoms with Crippen LogP contribution in [0.4, 0.5) is 0 Å². The summed E-state index contributed by atoms with van der Waals surface area (Å²) < 4.78 is 0. The largest absolute Gasteiger partial charge is 0.366 e.